The number of hydrogen-bond acceptors (Lipinski definition) is 5. The Kier molecular flexibility index (Phi) is 8.91. The molecule has 8 nitrogen and oxygen atoms in total. The summed E-state index contributed by atoms with van der Waals surface area (Å²) in [5.74, 6) is -2.73. The minimum absolute atomic E-state index is 0.149. The first-order valence-electron chi connectivity index (χ1n) is 9.53. The van der Waals surface area contributed by atoms with Gasteiger partial charge in [0.05, 0.1) is 6.26 Å². The van der Waals surface area contributed by atoms with Crippen LogP contribution in [0.5, 0.6) is 0 Å². The van der Waals surface area contributed by atoms with Gasteiger partial charge in [-0.05, 0) is 49.3 Å². The van der Waals surface area contributed by atoms with Crippen LogP contribution in [-0.4, -0.2) is 47.2 Å². The molecule has 29 heavy (non-hydrogen) atoms. The zero-order valence-corrected chi connectivity index (χ0v) is 16.0. The molecule has 8 heteroatoms. The van der Waals surface area contributed by atoms with Crippen LogP contribution >= 0.6 is 0 Å². The Balaban J connectivity index is 0.000000438. The van der Waals surface area contributed by atoms with E-state index in [-0.39, 0.29) is 5.91 Å². The predicted octanol–water partition coefficient (Wildman–Crippen LogP) is 2.48. The highest BCUT2D eigenvalue weighted by Crippen LogP contribution is 2.32. The number of amides is 1. The second-order valence-electron chi connectivity index (χ2n) is 6.76. The lowest BCUT2D eigenvalue weighted by molar-refractivity contribution is -0.159. The number of carbonyl (C=O) groups is 3. The summed E-state index contributed by atoms with van der Waals surface area (Å²) in [6, 6.07) is 14.8. The molecule has 156 valence electrons. The Labute approximate surface area is 168 Å². The van der Waals surface area contributed by atoms with Gasteiger partial charge in [-0.1, -0.05) is 30.3 Å². The molecule has 0 spiro atoms. The van der Waals surface area contributed by atoms with E-state index in [0.29, 0.717) is 24.3 Å². The lowest BCUT2D eigenvalue weighted by atomic mass is 9.82. The third kappa shape index (κ3) is 7.79. The molecule has 0 aliphatic heterocycles. The van der Waals surface area contributed by atoms with Crippen molar-refractivity contribution in [2.24, 2.45) is 0 Å². The van der Waals surface area contributed by atoms with Crippen molar-refractivity contribution in [1.29, 1.82) is 0 Å². The summed E-state index contributed by atoms with van der Waals surface area (Å²) in [4.78, 5) is 29.9. The average Bonchev–Trinajstić information content (AvgIpc) is 3.28. The quantitative estimate of drug-likeness (QED) is 0.431. The highest BCUT2D eigenvalue weighted by Gasteiger charge is 2.21. The van der Waals surface area contributed by atoms with E-state index in [1.807, 2.05) is 0 Å². The standard InChI is InChI=1S/C19H24N2O2.C2H2O4/c22-19(18-7-4-14-23-18)21-13-12-20-17-10-8-16(9-11-17)15-5-2-1-3-6-15;3-1(4)2(5)6/h1-7,14,16-17,20H,8-13H2,(H,21,22);(H,3,4)(H,5,6). The molecule has 1 saturated carbocycles. The fourth-order valence-electron chi connectivity index (χ4n) is 3.30. The fraction of sp³-hybridized carbons (Fsp3) is 0.381. The molecule has 0 saturated heterocycles. The summed E-state index contributed by atoms with van der Waals surface area (Å²) in [6.07, 6.45) is 6.39. The lowest BCUT2D eigenvalue weighted by Gasteiger charge is -2.29. The van der Waals surface area contributed by atoms with Gasteiger partial charge in [0.1, 0.15) is 0 Å². The van der Waals surface area contributed by atoms with E-state index in [2.05, 4.69) is 41.0 Å². The number of rotatable bonds is 6. The Morgan fingerprint density at radius 3 is 2.10 bits per heavy atom. The van der Waals surface area contributed by atoms with E-state index in [1.54, 1.807) is 12.1 Å². The second kappa shape index (κ2) is 11.7. The van der Waals surface area contributed by atoms with E-state index in [4.69, 9.17) is 24.2 Å². The van der Waals surface area contributed by atoms with Crippen LogP contribution in [-0.2, 0) is 9.59 Å². The second-order valence-corrected chi connectivity index (χ2v) is 6.76. The summed E-state index contributed by atoms with van der Waals surface area (Å²) in [7, 11) is 0. The van der Waals surface area contributed by atoms with Gasteiger partial charge in [-0.25, -0.2) is 9.59 Å². The zero-order chi connectivity index (χ0) is 21.1. The number of benzene rings is 1. The van der Waals surface area contributed by atoms with Gasteiger partial charge in [0.15, 0.2) is 5.76 Å². The maximum atomic E-state index is 11.7. The van der Waals surface area contributed by atoms with E-state index in [0.717, 1.165) is 6.54 Å². The number of nitrogens with one attached hydrogen (secondary N) is 2. The van der Waals surface area contributed by atoms with E-state index >= 15 is 0 Å². The molecule has 1 aliphatic carbocycles. The first-order valence-corrected chi connectivity index (χ1v) is 9.53. The molecular weight excluding hydrogens is 376 g/mol. The molecule has 1 heterocycles. The van der Waals surface area contributed by atoms with Crippen LogP contribution < -0.4 is 10.6 Å². The molecule has 1 aromatic carbocycles. The van der Waals surface area contributed by atoms with Crippen molar-refractivity contribution < 1.29 is 29.0 Å². The Morgan fingerprint density at radius 2 is 1.55 bits per heavy atom. The van der Waals surface area contributed by atoms with Gasteiger partial charge in [0, 0.05) is 19.1 Å². The van der Waals surface area contributed by atoms with Crippen LogP contribution in [0.1, 0.15) is 47.7 Å². The fourth-order valence-corrected chi connectivity index (χ4v) is 3.30. The van der Waals surface area contributed by atoms with Crippen molar-refractivity contribution in [2.45, 2.75) is 37.6 Å². The average molecular weight is 402 g/mol. The monoisotopic (exact) mass is 402 g/mol. The molecule has 1 aliphatic rings. The smallest absolute Gasteiger partial charge is 0.414 e. The molecule has 0 atom stereocenters. The summed E-state index contributed by atoms with van der Waals surface area (Å²) >= 11 is 0. The topological polar surface area (TPSA) is 129 Å². The molecule has 1 fully saturated rings. The summed E-state index contributed by atoms with van der Waals surface area (Å²) in [6.45, 7) is 1.42. The van der Waals surface area contributed by atoms with Crippen LogP contribution in [0.25, 0.3) is 0 Å². The highest BCUT2D eigenvalue weighted by molar-refractivity contribution is 6.27. The molecule has 1 amide bonds. The van der Waals surface area contributed by atoms with E-state index in [9.17, 15) is 4.79 Å². The van der Waals surface area contributed by atoms with Crippen molar-refractivity contribution >= 4 is 17.8 Å². The minimum atomic E-state index is -1.82. The number of carbonyl (C=O) groups excluding carboxylic acids is 1. The Bertz CT molecular complexity index is 756. The number of hydrogen-bond donors (Lipinski definition) is 4. The molecule has 2 aromatic rings. The number of aliphatic carboxylic acids is 2. The molecule has 0 radical (unpaired) electrons. The van der Waals surface area contributed by atoms with Gasteiger partial charge < -0.3 is 25.3 Å². The van der Waals surface area contributed by atoms with Gasteiger partial charge in [-0.2, -0.15) is 0 Å². The van der Waals surface area contributed by atoms with Crippen LogP contribution in [0.2, 0.25) is 0 Å². The molecule has 4 N–H and O–H groups in total. The Morgan fingerprint density at radius 1 is 0.897 bits per heavy atom. The van der Waals surface area contributed by atoms with Gasteiger partial charge in [0.2, 0.25) is 0 Å². The third-order valence-electron chi connectivity index (χ3n) is 4.77. The highest BCUT2D eigenvalue weighted by atomic mass is 16.4. The van der Waals surface area contributed by atoms with Crippen molar-refractivity contribution in [2.75, 3.05) is 13.1 Å². The minimum Gasteiger partial charge on any atom is -0.473 e. The van der Waals surface area contributed by atoms with Crippen LogP contribution in [0.4, 0.5) is 0 Å². The molecular formula is C21H26N2O6. The van der Waals surface area contributed by atoms with Gasteiger partial charge in [-0.15, -0.1) is 0 Å². The summed E-state index contributed by atoms with van der Waals surface area (Å²) in [5, 5.41) is 21.2. The number of carboxylic acid groups (broad SMARTS) is 2. The summed E-state index contributed by atoms with van der Waals surface area (Å²) < 4.78 is 5.06. The van der Waals surface area contributed by atoms with Crippen LogP contribution in [0.3, 0.4) is 0 Å². The molecule has 1 aromatic heterocycles. The zero-order valence-electron chi connectivity index (χ0n) is 16.0. The number of carboxylic acids is 2. The first kappa shape index (κ1) is 22.2. The normalized spacial score (nSPS) is 18.2. The van der Waals surface area contributed by atoms with Gasteiger partial charge in [0.25, 0.3) is 5.91 Å². The Hall–Kier alpha value is -3.13. The predicted molar refractivity (Wildman–Crippen MR) is 106 cm³/mol. The maximum Gasteiger partial charge on any atom is 0.414 e. The van der Waals surface area contributed by atoms with Crippen molar-refractivity contribution in [3.63, 3.8) is 0 Å². The molecule has 0 unspecified atom stereocenters. The van der Waals surface area contributed by atoms with Crippen LogP contribution in [0, 0.1) is 0 Å². The maximum absolute atomic E-state index is 11.7. The number of furan rings is 1. The van der Waals surface area contributed by atoms with E-state index < -0.39 is 11.9 Å². The molecule has 0 bridgehead atoms. The third-order valence-corrected chi connectivity index (χ3v) is 4.77. The lowest BCUT2D eigenvalue weighted by Crippen LogP contribution is -2.38. The van der Waals surface area contributed by atoms with Crippen LogP contribution in [0.15, 0.2) is 53.1 Å². The van der Waals surface area contributed by atoms with Crippen molar-refractivity contribution in [3.05, 3.63) is 60.1 Å². The van der Waals surface area contributed by atoms with Gasteiger partial charge >= 0.3 is 11.9 Å². The van der Waals surface area contributed by atoms with Gasteiger partial charge in [-0.3, -0.25) is 4.79 Å². The van der Waals surface area contributed by atoms with Crippen molar-refractivity contribution in [1.82, 2.24) is 10.6 Å². The first-order chi connectivity index (χ1) is 14.0. The van der Waals surface area contributed by atoms with Crippen molar-refractivity contribution in [3.8, 4) is 0 Å². The molecule has 3 rings (SSSR count). The summed E-state index contributed by atoms with van der Waals surface area (Å²) in [5.41, 5.74) is 1.47. The largest absolute Gasteiger partial charge is 0.473 e. The van der Waals surface area contributed by atoms with E-state index in [1.165, 1.54) is 37.5 Å². The SMILES string of the molecule is O=C(NCCNC1CCC(c2ccccc2)CC1)c1ccco1.O=C(O)C(=O)O.